The van der Waals surface area contributed by atoms with Crippen LogP contribution in [0.1, 0.15) is 47.5 Å². The number of allylic oxidation sites excluding steroid dienone is 1. The summed E-state index contributed by atoms with van der Waals surface area (Å²) in [7, 11) is -2.70. The number of carbonyl (C=O) groups excluding carboxylic acids is 1. The zero-order chi connectivity index (χ0) is 24.3. The Morgan fingerprint density at radius 3 is 1.85 bits per heavy atom. The predicted molar refractivity (Wildman–Crippen MR) is 139 cm³/mol. The molecule has 0 bridgehead atoms. The molecule has 2 aromatic rings. The zero-order valence-corrected chi connectivity index (χ0v) is 21.9. The summed E-state index contributed by atoms with van der Waals surface area (Å²) in [5.41, 5.74) is 0.362. The quantitative estimate of drug-likeness (QED) is 0.396. The molecule has 0 spiro atoms. The zero-order valence-electron chi connectivity index (χ0n) is 20.9. The minimum atomic E-state index is -2.25. The molecule has 1 aliphatic rings. The minimum absolute atomic E-state index is 0.244. The molecule has 3 rings (SSSR count). The van der Waals surface area contributed by atoms with Crippen molar-refractivity contribution in [1.29, 1.82) is 0 Å². The van der Waals surface area contributed by atoms with E-state index in [-0.39, 0.29) is 11.5 Å². The maximum atomic E-state index is 11.5. The van der Waals surface area contributed by atoms with Crippen molar-refractivity contribution in [1.82, 2.24) is 0 Å². The highest BCUT2D eigenvalue weighted by atomic mass is 28.3. The number of rotatable bonds is 9. The van der Waals surface area contributed by atoms with E-state index in [9.17, 15) is 4.79 Å². The standard InChI is InChI=1S/C27H37BO4Si/c1-21(28-31-26(3,4)27(5,6)32-28)20-25(18-19-30-22(2)29)33(7,23-14-10-8-11-15-23)24-16-12-9-13-17-24/h8-17,25H,1,18-20H2,2-7H3. The highest BCUT2D eigenvalue weighted by Gasteiger charge is 2.52. The molecule has 1 saturated heterocycles. The normalized spacial score (nSPS) is 18.1. The van der Waals surface area contributed by atoms with Crippen molar-refractivity contribution in [2.75, 3.05) is 6.61 Å². The van der Waals surface area contributed by atoms with Crippen LogP contribution in [0.2, 0.25) is 12.1 Å². The van der Waals surface area contributed by atoms with Crippen molar-refractivity contribution in [3.05, 3.63) is 72.7 Å². The van der Waals surface area contributed by atoms with Gasteiger partial charge in [0.2, 0.25) is 0 Å². The largest absolute Gasteiger partial charge is 0.489 e. The summed E-state index contributed by atoms with van der Waals surface area (Å²) >= 11 is 0. The summed E-state index contributed by atoms with van der Waals surface area (Å²) in [6.45, 7) is 16.9. The lowest BCUT2D eigenvalue weighted by Crippen LogP contribution is -2.59. The molecule has 2 aromatic carbocycles. The molecule has 0 aromatic heterocycles. The van der Waals surface area contributed by atoms with Crippen LogP contribution in [-0.4, -0.2) is 39.0 Å². The van der Waals surface area contributed by atoms with Crippen molar-refractivity contribution >= 4 is 31.5 Å². The first-order valence-corrected chi connectivity index (χ1v) is 14.3. The van der Waals surface area contributed by atoms with E-state index in [1.807, 2.05) is 0 Å². The van der Waals surface area contributed by atoms with Crippen LogP contribution in [-0.2, 0) is 18.8 Å². The van der Waals surface area contributed by atoms with Gasteiger partial charge in [0.05, 0.1) is 17.8 Å². The van der Waals surface area contributed by atoms with E-state index in [1.54, 1.807) is 0 Å². The van der Waals surface area contributed by atoms with E-state index in [0.717, 1.165) is 18.3 Å². The van der Waals surface area contributed by atoms with Gasteiger partial charge in [-0.1, -0.05) is 77.6 Å². The molecule has 1 heterocycles. The fourth-order valence-corrected chi connectivity index (χ4v) is 8.98. The van der Waals surface area contributed by atoms with Crippen LogP contribution < -0.4 is 10.4 Å². The molecule has 0 N–H and O–H groups in total. The van der Waals surface area contributed by atoms with Gasteiger partial charge < -0.3 is 14.0 Å². The summed E-state index contributed by atoms with van der Waals surface area (Å²) in [6.07, 6.45) is 1.50. The highest BCUT2D eigenvalue weighted by Crippen LogP contribution is 2.41. The van der Waals surface area contributed by atoms with Crippen LogP contribution in [0.4, 0.5) is 0 Å². The first-order valence-electron chi connectivity index (χ1n) is 11.7. The second-order valence-corrected chi connectivity index (χ2v) is 14.6. The summed E-state index contributed by atoms with van der Waals surface area (Å²) < 4.78 is 18.0. The highest BCUT2D eigenvalue weighted by molar-refractivity contribution is 7.02. The van der Waals surface area contributed by atoms with Gasteiger partial charge in [-0.05, 0) is 51.6 Å². The molecule has 1 unspecified atom stereocenters. The number of ether oxygens (including phenoxy) is 1. The molecule has 1 aliphatic heterocycles. The van der Waals surface area contributed by atoms with Crippen molar-refractivity contribution < 1.29 is 18.8 Å². The van der Waals surface area contributed by atoms with Gasteiger partial charge in [0.25, 0.3) is 0 Å². The van der Waals surface area contributed by atoms with Crippen LogP contribution in [0.3, 0.4) is 0 Å². The lowest BCUT2D eigenvalue weighted by Gasteiger charge is -2.38. The number of hydrogen-bond donors (Lipinski definition) is 0. The van der Waals surface area contributed by atoms with E-state index in [4.69, 9.17) is 14.0 Å². The van der Waals surface area contributed by atoms with Crippen molar-refractivity contribution in [3.63, 3.8) is 0 Å². The first kappa shape index (κ1) is 25.5. The lowest BCUT2D eigenvalue weighted by molar-refractivity contribution is -0.141. The summed E-state index contributed by atoms with van der Waals surface area (Å²) in [4.78, 5) is 11.5. The Hall–Kier alpha value is -2.15. The number of carbonyl (C=O) groups is 1. The fourth-order valence-electron chi connectivity index (χ4n) is 4.57. The molecule has 6 heteroatoms. The van der Waals surface area contributed by atoms with Crippen molar-refractivity contribution in [3.8, 4) is 0 Å². The molecule has 33 heavy (non-hydrogen) atoms. The molecular formula is C27H37BO4Si. The third-order valence-electron chi connectivity index (χ3n) is 7.43. The molecule has 1 atom stereocenters. The molecule has 176 valence electrons. The molecular weight excluding hydrogens is 427 g/mol. The van der Waals surface area contributed by atoms with Crippen LogP contribution in [0.15, 0.2) is 72.7 Å². The Bertz CT molecular complexity index is 903. The number of benzene rings is 2. The Balaban J connectivity index is 1.97. The Labute approximate surface area is 200 Å². The van der Waals surface area contributed by atoms with Gasteiger partial charge in [-0.2, -0.15) is 0 Å². The average molecular weight is 464 g/mol. The van der Waals surface area contributed by atoms with Gasteiger partial charge in [-0.15, -0.1) is 6.58 Å². The van der Waals surface area contributed by atoms with E-state index in [0.29, 0.717) is 6.61 Å². The minimum Gasteiger partial charge on any atom is -0.466 e. The maximum Gasteiger partial charge on any atom is 0.489 e. The second kappa shape index (κ2) is 10.00. The second-order valence-electron chi connectivity index (χ2n) is 10.2. The molecule has 4 nitrogen and oxygen atoms in total. The van der Waals surface area contributed by atoms with Gasteiger partial charge in [0, 0.05) is 6.92 Å². The first-order chi connectivity index (χ1) is 15.5. The van der Waals surface area contributed by atoms with E-state index >= 15 is 0 Å². The van der Waals surface area contributed by atoms with E-state index < -0.39 is 26.4 Å². The average Bonchev–Trinajstić information content (AvgIpc) is 3.00. The fraction of sp³-hybridized carbons (Fsp3) is 0.444. The van der Waals surface area contributed by atoms with E-state index in [1.165, 1.54) is 17.3 Å². The monoisotopic (exact) mass is 464 g/mol. The Morgan fingerprint density at radius 1 is 0.970 bits per heavy atom. The SMILES string of the molecule is C=C(CC(CCOC(C)=O)[Si](C)(c1ccccc1)c1ccccc1)B1OC(C)(C)C(C)(C)O1. The Kier molecular flexibility index (Phi) is 7.72. The molecule has 0 saturated carbocycles. The molecule has 0 radical (unpaired) electrons. The summed E-state index contributed by atoms with van der Waals surface area (Å²) in [5.74, 6) is -0.249. The topological polar surface area (TPSA) is 44.8 Å². The van der Waals surface area contributed by atoms with Gasteiger partial charge >= 0.3 is 13.1 Å². The lowest BCUT2D eigenvalue weighted by atomic mass is 9.76. The summed E-state index contributed by atoms with van der Waals surface area (Å²) in [6, 6.07) is 21.5. The number of esters is 1. The van der Waals surface area contributed by atoms with Gasteiger partial charge in [0.1, 0.15) is 8.07 Å². The summed E-state index contributed by atoms with van der Waals surface area (Å²) in [5, 5.41) is 2.71. The van der Waals surface area contributed by atoms with Gasteiger partial charge in [-0.3, -0.25) is 4.79 Å². The van der Waals surface area contributed by atoms with Crippen molar-refractivity contribution in [2.24, 2.45) is 0 Å². The van der Waals surface area contributed by atoms with Crippen LogP contribution in [0.25, 0.3) is 0 Å². The molecule has 0 aliphatic carbocycles. The van der Waals surface area contributed by atoms with Gasteiger partial charge in [0.15, 0.2) is 0 Å². The van der Waals surface area contributed by atoms with Crippen LogP contribution >= 0.6 is 0 Å². The third kappa shape index (κ3) is 5.51. The van der Waals surface area contributed by atoms with Gasteiger partial charge in [-0.25, -0.2) is 0 Å². The Morgan fingerprint density at radius 2 is 1.42 bits per heavy atom. The molecule has 1 fully saturated rings. The van der Waals surface area contributed by atoms with E-state index in [2.05, 4.69) is 101 Å². The van der Waals surface area contributed by atoms with Crippen LogP contribution in [0, 0.1) is 0 Å². The van der Waals surface area contributed by atoms with Crippen LogP contribution in [0.5, 0.6) is 0 Å². The molecule has 0 amide bonds. The predicted octanol–water partition coefficient (Wildman–Crippen LogP) is 4.78. The third-order valence-corrected chi connectivity index (χ3v) is 12.6. The number of hydrogen-bond acceptors (Lipinski definition) is 4. The van der Waals surface area contributed by atoms with Crippen molar-refractivity contribution in [2.45, 2.75) is 70.8 Å². The maximum absolute atomic E-state index is 11.5. The smallest absolute Gasteiger partial charge is 0.466 e.